The smallest absolute Gasteiger partial charge is 0.118 e. The van der Waals surface area contributed by atoms with Crippen LogP contribution in [-0.4, -0.2) is 54.2 Å². The minimum Gasteiger partial charge on any atom is -0.465 e. The Kier molecular flexibility index (Phi) is 5.24. The molecule has 0 aliphatic carbocycles. The average Bonchev–Trinajstić information content (AvgIpc) is 2.75. The Labute approximate surface area is 122 Å². The zero-order valence-electron chi connectivity index (χ0n) is 13.1. The topological polar surface area (TPSA) is 39.9 Å². The predicted octanol–water partition coefficient (Wildman–Crippen LogP) is 2.12. The van der Waals surface area contributed by atoms with Crippen molar-refractivity contribution < 1.29 is 9.52 Å². The first-order valence-electron chi connectivity index (χ1n) is 7.68. The lowest BCUT2D eigenvalue weighted by atomic mass is 9.92. The van der Waals surface area contributed by atoms with E-state index in [4.69, 9.17) is 4.42 Å². The van der Waals surface area contributed by atoms with Crippen LogP contribution >= 0.6 is 0 Å². The van der Waals surface area contributed by atoms with E-state index in [0.717, 1.165) is 63.4 Å². The van der Waals surface area contributed by atoms with Crippen LogP contribution in [0.15, 0.2) is 16.5 Å². The highest BCUT2D eigenvalue weighted by Crippen LogP contribution is 2.23. The van der Waals surface area contributed by atoms with Crippen LogP contribution < -0.4 is 0 Å². The van der Waals surface area contributed by atoms with Gasteiger partial charge in [0.1, 0.15) is 11.5 Å². The molecular formula is C16H28N2O2. The molecule has 0 radical (unpaired) electrons. The Hall–Kier alpha value is -0.840. The van der Waals surface area contributed by atoms with Crippen molar-refractivity contribution in [2.24, 2.45) is 0 Å². The second-order valence-electron chi connectivity index (χ2n) is 6.39. The summed E-state index contributed by atoms with van der Waals surface area (Å²) in [4.78, 5) is 4.37. The molecule has 1 atom stereocenters. The van der Waals surface area contributed by atoms with Crippen molar-refractivity contribution in [3.8, 4) is 0 Å². The first kappa shape index (κ1) is 15.5. The van der Waals surface area contributed by atoms with Crippen LogP contribution in [0.25, 0.3) is 0 Å². The highest BCUT2D eigenvalue weighted by molar-refractivity contribution is 5.07. The lowest BCUT2D eigenvalue weighted by Crippen LogP contribution is -2.52. The zero-order valence-corrected chi connectivity index (χ0v) is 13.1. The van der Waals surface area contributed by atoms with E-state index in [0.29, 0.717) is 0 Å². The van der Waals surface area contributed by atoms with Crippen molar-refractivity contribution in [2.45, 2.75) is 44.8 Å². The van der Waals surface area contributed by atoms with Crippen molar-refractivity contribution in [1.29, 1.82) is 0 Å². The van der Waals surface area contributed by atoms with Crippen LogP contribution in [0.3, 0.4) is 0 Å². The number of aryl methyl sites for hydroxylation is 1. The summed E-state index contributed by atoms with van der Waals surface area (Å²) in [7, 11) is 4.03. The molecule has 1 saturated heterocycles. The van der Waals surface area contributed by atoms with Crippen molar-refractivity contribution in [2.75, 3.05) is 33.7 Å². The van der Waals surface area contributed by atoms with E-state index in [1.165, 1.54) is 0 Å². The number of nitrogens with zero attached hydrogens (tertiary/aromatic N) is 2. The highest BCUT2D eigenvalue weighted by Gasteiger charge is 2.33. The van der Waals surface area contributed by atoms with Gasteiger partial charge >= 0.3 is 0 Å². The minimum atomic E-state index is -0.583. The fraction of sp³-hybridized carbons (Fsp3) is 0.750. The Balaban J connectivity index is 1.91. The number of hydrogen-bond donors (Lipinski definition) is 1. The molecule has 20 heavy (non-hydrogen) atoms. The summed E-state index contributed by atoms with van der Waals surface area (Å²) in [5.41, 5.74) is -0.583. The molecule has 1 aliphatic heterocycles. The van der Waals surface area contributed by atoms with Gasteiger partial charge in [-0.2, -0.15) is 0 Å². The van der Waals surface area contributed by atoms with E-state index in [2.05, 4.69) is 28.9 Å². The van der Waals surface area contributed by atoms with Crippen LogP contribution in [0.4, 0.5) is 0 Å². The Morgan fingerprint density at radius 3 is 2.80 bits per heavy atom. The van der Waals surface area contributed by atoms with Crippen molar-refractivity contribution in [3.63, 3.8) is 0 Å². The summed E-state index contributed by atoms with van der Waals surface area (Å²) in [5.74, 6) is 2.09. The van der Waals surface area contributed by atoms with Gasteiger partial charge in [-0.05, 0) is 52.0 Å². The van der Waals surface area contributed by atoms with E-state index in [1.807, 2.05) is 14.1 Å². The molecule has 0 saturated carbocycles. The summed E-state index contributed by atoms with van der Waals surface area (Å²) in [6.45, 7) is 5.46. The lowest BCUT2D eigenvalue weighted by molar-refractivity contribution is -0.0493. The third-order valence-corrected chi connectivity index (χ3v) is 3.84. The van der Waals surface area contributed by atoms with E-state index in [9.17, 15) is 5.11 Å². The second-order valence-corrected chi connectivity index (χ2v) is 6.39. The van der Waals surface area contributed by atoms with Gasteiger partial charge in [0.15, 0.2) is 0 Å². The maximum absolute atomic E-state index is 10.7. The third-order valence-electron chi connectivity index (χ3n) is 3.84. The summed E-state index contributed by atoms with van der Waals surface area (Å²) in [5, 5.41) is 10.7. The maximum atomic E-state index is 10.7. The molecule has 2 rings (SSSR count). The normalized spacial score (nSPS) is 24.4. The van der Waals surface area contributed by atoms with Gasteiger partial charge in [-0.15, -0.1) is 0 Å². The lowest BCUT2D eigenvalue weighted by Gasteiger charge is -2.40. The first-order valence-corrected chi connectivity index (χ1v) is 7.68. The number of likely N-dealkylation sites (tertiary alicyclic amines) is 1. The van der Waals surface area contributed by atoms with Crippen molar-refractivity contribution in [1.82, 2.24) is 9.80 Å². The molecule has 1 aliphatic rings. The molecule has 4 nitrogen and oxygen atoms in total. The fourth-order valence-electron chi connectivity index (χ4n) is 3.17. The van der Waals surface area contributed by atoms with Gasteiger partial charge in [0.05, 0.1) is 12.1 Å². The number of likely N-dealkylation sites (N-methyl/N-ethyl adjacent to an activating group) is 1. The Morgan fingerprint density at radius 1 is 1.35 bits per heavy atom. The van der Waals surface area contributed by atoms with E-state index >= 15 is 0 Å². The molecule has 1 aromatic heterocycles. The minimum absolute atomic E-state index is 0.583. The fourth-order valence-corrected chi connectivity index (χ4v) is 3.17. The largest absolute Gasteiger partial charge is 0.465 e. The third kappa shape index (κ3) is 4.33. The first-order chi connectivity index (χ1) is 9.50. The van der Waals surface area contributed by atoms with Gasteiger partial charge in [0.2, 0.25) is 0 Å². The molecule has 114 valence electrons. The molecular weight excluding hydrogens is 252 g/mol. The summed E-state index contributed by atoms with van der Waals surface area (Å²) in [6.07, 6.45) is 4.05. The number of hydrogen-bond acceptors (Lipinski definition) is 4. The van der Waals surface area contributed by atoms with Crippen molar-refractivity contribution >= 4 is 0 Å². The Morgan fingerprint density at radius 2 is 2.10 bits per heavy atom. The van der Waals surface area contributed by atoms with Gasteiger partial charge < -0.3 is 14.4 Å². The summed E-state index contributed by atoms with van der Waals surface area (Å²) < 4.78 is 5.84. The number of aliphatic hydroxyl groups is 1. The van der Waals surface area contributed by atoms with Crippen LogP contribution in [0.5, 0.6) is 0 Å². The molecule has 0 bridgehead atoms. The predicted molar refractivity (Wildman–Crippen MR) is 80.7 cm³/mol. The van der Waals surface area contributed by atoms with Gasteiger partial charge in [0, 0.05) is 19.5 Å². The Bertz CT molecular complexity index is 416. The quantitative estimate of drug-likeness (QED) is 0.866. The monoisotopic (exact) mass is 280 g/mol. The molecule has 2 heterocycles. The van der Waals surface area contributed by atoms with Crippen LogP contribution in [0.1, 0.15) is 37.7 Å². The second kappa shape index (κ2) is 6.74. The van der Waals surface area contributed by atoms with Crippen molar-refractivity contribution in [3.05, 3.63) is 23.7 Å². The number of β-amino-alcohol motifs (C(OH)–C–C–N with tert-alkyl or cyclic N) is 1. The molecule has 0 aromatic carbocycles. The van der Waals surface area contributed by atoms with Gasteiger partial charge in [-0.25, -0.2) is 0 Å². The van der Waals surface area contributed by atoms with Crippen LogP contribution in [0, 0.1) is 0 Å². The molecule has 0 spiro atoms. The van der Waals surface area contributed by atoms with Crippen LogP contribution in [0.2, 0.25) is 0 Å². The number of piperidine rings is 1. The number of furan rings is 1. The average molecular weight is 280 g/mol. The van der Waals surface area contributed by atoms with Gasteiger partial charge in [-0.3, -0.25) is 4.90 Å². The zero-order chi connectivity index (χ0) is 14.6. The summed E-state index contributed by atoms with van der Waals surface area (Å²) >= 11 is 0. The standard InChI is InChI=1S/C16H28N2O2/c1-4-6-14-7-8-15(20-14)11-18-10-5-9-16(19,13-18)12-17(2)3/h7-8,19H,4-6,9-13H2,1-3H3/t16-/m1/s1. The van der Waals surface area contributed by atoms with Crippen LogP contribution in [-0.2, 0) is 13.0 Å². The molecule has 1 fully saturated rings. The molecule has 1 N–H and O–H groups in total. The van der Waals surface area contributed by atoms with E-state index in [1.54, 1.807) is 0 Å². The van der Waals surface area contributed by atoms with E-state index < -0.39 is 5.60 Å². The molecule has 0 amide bonds. The van der Waals surface area contributed by atoms with Gasteiger partial charge in [0.25, 0.3) is 0 Å². The molecule has 4 heteroatoms. The molecule has 1 aromatic rings. The SMILES string of the molecule is CCCc1ccc(CN2CCC[C@@](O)(CN(C)C)C2)o1. The van der Waals surface area contributed by atoms with E-state index in [-0.39, 0.29) is 0 Å². The summed E-state index contributed by atoms with van der Waals surface area (Å²) in [6, 6.07) is 4.15. The maximum Gasteiger partial charge on any atom is 0.118 e. The highest BCUT2D eigenvalue weighted by atomic mass is 16.3. The molecule has 0 unspecified atom stereocenters. The van der Waals surface area contributed by atoms with Gasteiger partial charge in [-0.1, -0.05) is 6.92 Å². The number of rotatable bonds is 6.